The minimum absolute atomic E-state index is 0.0398. The number of rotatable bonds is 3. The number of nitrogens with zero attached hydrogens (tertiary/aromatic N) is 1. The van der Waals surface area contributed by atoms with E-state index < -0.39 is 0 Å². The van der Waals surface area contributed by atoms with Gasteiger partial charge in [-0.05, 0) is 13.0 Å². The van der Waals surface area contributed by atoms with E-state index in [0.717, 1.165) is 13.0 Å². The molecule has 13 heavy (non-hydrogen) atoms. The highest BCUT2D eigenvalue weighted by molar-refractivity contribution is 5.81. The highest BCUT2D eigenvalue weighted by Gasteiger charge is 2.16. The van der Waals surface area contributed by atoms with Crippen LogP contribution in [0.3, 0.4) is 0 Å². The second kappa shape index (κ2) is 4.97. The monoisotopic (exact) mass is 184 g/mol. The number of hydrogen-bond donors (Lipinski definition) is 1. The van der Waals surface area contributed by atoms with Crippen molar-refractivity contribution in [2.75, 3.05) is 26.7 Å². The summed E-state index contributed by atoms with van der Waals surface area (Å²) in [7, 11) is 1.63. The molecule has 1 aliphatic rings. The fraction of sp³-hybridized carbons (Fsp3) is 0.778. The van der Waals surface area contributed by atoms with Gasteiger partial charge in [-0.15, -0.1) is 0 Å². The van der Waals surface area contributed by atoms with Gasteiger partial charge in [-0.1, -0.05) is 0 Å². The van der Waals surface area contributed by atoms with Gasteiger partial charge < -0.3 is 5.32 Å². The Morgan fingerprint density at radius 2 is 2.38 bits per heavy atom. The molecule has 0 aliphatic carbocycles. The molecule has 1 N–H and O–H groups in total. The number of amides is 1. The number of nitrogens with one attached hydrogen (secondary N) is 1. The molecule has 0 atom stereocenters. The third-order valence-corrected chi connectivity index (χ3v) is 2.26. The predicted molar refractivity (Wildman–Crippen MR) is 49.4 cm³/mol. The molecule has 0 radical (unpaired) electrons. The molecule has 0 aromatic carbocycles. The van der Waals surface area contributed by atoms with Crippen molar-refractivity contribution in [3.8, 4) is 0 Å². The molecule has 0 saturated carbocycles. The number of carbonyl (C=O) groups is 2. The van der Waals surface area contributed by atoms with Gasteiger partial charge in [0, 0.05) is 26.4 Å². The lowest BCUT2D eigenvalue weighted by atomic mass is 10.1. The van der Waals surface area contributed by atoms with E-state index in [1.807, 2.05) is 4.90 Å². The van der Waals surface area contributed by atoms with Gasteiger partial charge in [-0.25, -0.2) is 0 Å². The van der Waals surface area contributed by atoms with E-state index in [1.165, 1.54) is 0 Å². The van der Waals surface area contributed by atoms with Crippen LogP contribution in [0.2, 0.25) is 0 Å². The lowest BCUT2D eigenvalue weighted by Crippen LogP contribution is -2.37. The summed E-state index contributed by atoms with van der Waals surface area (Å²) < 4.78 is 0. The van der Waals surface area contributed by atoms with Crippen molar-refractivity contribution in [3.63, 3.8) is 0 Å². The number of Topliss-reactive ketones (excluding diaryl/α,β-unsaturated/α-hetero) is 1. The first-order valence-electron chi connectivity index (χ1n) is 4.67. The molecule has 0 spiro atoms. The molecule has 4 nitrogen and oxygen atoms in total. The van der Waals surface area contributed by atoms with Crippen molar-refractivity contribution in [3.05, 3.63) is 0 Å². The molecular weight excluding hydrogens is 168 g/mol. The first-order valence-corrected chi connectivity index (χ1v) is 4.67. The topological polar surface area (TPSA) is 49.4 Å². The summed E-state index contributed by atoms with van der Waals surface area (Å²) in [5, 5.41) is 2.57. The molecule has 4 heteroatoms. The van der Waals surface area contributed by atoms with Crippen LogP contribution in [0.15, 0.2) is 0 Å². The maximum atomic E-state index is 11.0. The van der Waals surface area contributed by atoms with Gasteiger partial charge in [-0.3, -0.25) is 14.5 Å². The minimum atomic E-state index is 0.0398. The van der Waals surface area contributed by atoms with E-state index in [1.54, 1.807) is 7.05 Å². The van der Waals surface area contributed by atoms with E-state index in [-0.39, 0.29) is 5.91 Å². The summed E-state index contributed by atoms with van der Waals surface area (Å²) >= 11 is 0. The smallest absolute Gasteiger partial charge is 0.221 e. The van der Waals surface area contributed by atoms with Crippen LogP contribution in [-0.2, 0) is 9.59 Å². The molecule has 1 rings (SSSR count). The molecule has 1 fully saturated rings. The Morgan fingerprint density at radius 3 is 3.00 bits per heavy atom. The van der Waals surface area contributed by atoms with Gasteiger partial charge in [0.2, 0.25) is 5.91 Å². The molecule has 1 amide bonds. The third-order valence-electron chi connectivity index (χ3n) is 2.26. The minimum Gasteiger partial charge on any atom is -0.359 e. The Morgan fingerprint density at radius 1 is 1.62 bits per heavy atom. The van der Waals surface area contributed by atoms with E-state index >= 15 is 0 Å². The Kier molecular flexibility index (Phi) is 3.89. The van der Waals surface area contributed by atoms with Crippen LogP contribution < -0.4 is 5.32 Å². The maximum absolute atomic E-state index is 11.0. The van der Waals surface area contributed by atoms with Crippen LogP contribution in [0.1, 0.15) is 19.3 Å². The average molecular weight is 184 g/mol. The second-order valence-corrected chi connectivity index (χ2v) is 3.34. The average Bonchev–Trinajstić information content (AvgIpc) is 2.14. The Bertz CT molecular complexity index is 204. The summed E-state index contributed by atoms with van der Waals surface area (Å²) in [5.74, 6) is 0.334. The predicted octanol–water partition coefficient (Wildman–Crippen LogP) is -0.213. The van der Waals surface area contributed by atoms with Gasteiger partial charge in [-0.2, -0.15) is 0 Å². The molecule has 1 aliphatic heterocycles. The normalized spacial score (nSPS) is 18.7. The van der Waals surface area contributed by atoms with Crippen LogP contribution in [0.5, 0.6) is 0 Å². The van der Waals surface area contributed by atoms with E-state index in [2.05, 4.69) is 5.32 Å². The zero-order chi connectivity index (χ0) is 9.68. The van der Waals surface area contributed by atoms with Crippen molar-refractivity contribution >= 4 is 11.7 Å². The first-order chi connectivity index (χ1) is 6.22. The first kappa shape index (κ1) is 10.2. The maximum Gasteiger partial charge on any atom is 0.221 e. The molecule has 0 aromatic heterocycles. The van der Waals surface area contributed by atoms with Crippen LogP contribution in [0, 0.1) is 0 Å². The Balaban J connectivity index is 2.20. The number of hydrogen-bond acceptors (Lipinski definition) is 3. The van der Waals surface area contributed by atoms with Crippen LogP contribution >= 0.6 is 0 Å². The fourth-order valence-electron chi connectivity index (χ4n) is 1.48. The van der Waals surface area contributed by atoms with E-state index in [9.17, 15) is 9.59 Å². The SMILES string of the molecule is CNC(=O)CCN1CCCC(=O)C1. The summed E-state index contributed by atoms with van der Waals surface area (Å²) in [6.07, 6.45) is 2.13. The molecule has 0 aromatic rings. The van der Waals surface area contributed by atoms with Gasteiger partial charge >= 0.3 is 0 Å². The van der Waals surface area contributed by atoms with E-state index in [4.69, 9.17) is 0 Å². The van der Waals surface area contributed by atoms with Crippen molar-refractivity contribution in [2.45, 2.75) is 19.3 Å². The Labute approximate surface area is 78.3 Å². The molecule has 1 saturated heterocycles. The standard InChI is InChI=1S/C9H16N2O2/c1-10-9(13)4-6-11-5-2-3-8(12)7-11/h2-7H2,1H3,(H,10,13). The zero-order valence-electron chi connectivity index (χ0n) is 8.01. The lowest BCUT2D eigenvalue weighted by Gasteiger charge is -2.24. The quantitative estimate of drug-likeness (QED) is 0.660. The summed E-state index contributed by atoms with van der Waals surface area (Å²) in [6, 6.07) is 0. The molecule has 0 bridgehead atoms. The fourth-order valence-corrected chi connectivity index (χ4v) is 1.48. The van der Waals surface area contributed by atoms with Gasteiger partial charge in [0.1, 0.15) is 5.78 Å². The molecule has 74 valence electrons. The lowest BCUT2D eigenvalue weighted by molar-refractivity contribution is -0.124. The molecule has 1 heterocycles. The highest BCUT2D eigenvalue weighted by atomic mass is 16.1. The van der Waals surface area contributed by atoms with Crippen LogP contribution in [-0.4, -0.2) is 43.3 Å². The van der Waals surface area contributed by atoms with Gasteiger partial charge in [0.15, 0.2) is 0 Å². The zero-order valence-corrected chi connectivity index (χ0v) is 8.01. The second-order valence-electron chi connectivity index (χ2n) is 3.34. The number of ketones is 1. The van der Waals surface area contributed by atoms with Gasteiger partial charge in [0.25, 0.3) is 0 Å². The highest BCUT2D eigenvalue weighted by Crippen LogP contribution is 2.05. The molecular formula is C9H16N2O2. The van der Waals surface area contributed by atoms with Crippen molar-refractivity contribution in [1.82, 2.24) is 10.2 Å². The molecule has 0 unspecified atom stereocenters. The Hall–Kier alpha value is -0.900. The number of carbonyl (C=O) groups excluding carboxylic acids is 2. The van der Waals surface area contributed by atoms with Gasteiger partial charge in [0.05, 0.1) is 6.54 Å². The largest absolute Gasteiger partial charge is 0.359 e. The van der Waals surface area contributed by atoms with Crippen molar-refractivity contribution in [2.24, 2.45) is 0 Å². The van der Waals surface area contributed by atoms with Crippen molar-refractivity contribution in [1.29, 1.82) is 0 Å². The third kappa shape index (κ3) is 3.55. The summed E-state index contributed by atoms with van der Waals surface area (Å²) in [4.78, 5) is 24.0. The number of likely N-dealkylation sites (tertiary alicyclic amines) is 1. The van der Waals surface area contributed by atoms with Crippen LogP contribution in [0.4, 0.5) is 0 Å². The summed E-state index contributed by atoms with van der Waals surface area (Å²) in [6.45, 7) is 2.17. The van der Waals surface area contributed by atoms with E-state index in [0.29, 0.717) is 31.7 Å². The van der Waals surface area contributed by atoms with Crippen LogP contribution in [0.25, 0.3) is 0 Å². The number of piperidine rings is 1. The van der Waals surface area contributed by atoms with Crippen molar-refractivity contribution < 1.29 is 9.59 Å². The summed E-state index contributed by atoms with van der Waals surface area (Å²) in [5.41, 5.74) is 0.